The van der Waals surface area contributed by atoms with Crippen molar-refractivity contribution in [2.75, 3.05) is 5.75 Å². The molecule has 0 heterocycles. The van der Waals surface area contributed by atoms with E-state index in [0.717, 1.165) is 0 Å². The second-order valence-corrected chi connectivity index (χ2v) is 5.74. The molecular formula is C9H16N2O4S. The molecule has 0 saturated heterocycles. The Morgan fingerprint density at radius 3 is 2.44 bits per heavy atom. The molecule has 0 fully saturated rings. The molecule has 0 amide bonds. The molecule has 0 aliphatic carbocycles. The molecule has 0 rings (SSSR count). The monoisotopic (exact) mass is 248 g/mol. The molecule has 0 aromatic heterocycles. The van der Waals surface area contributed by atoms with Crippen molar-refractivity contribution < 1.29 is 18.3 Å². The highest BCUT2D eigenvalue weighted by atomic mass is 32.2. The minimum atomic E-state index is -3.69. The molecule has 6 nitrogen and oxygen atoms in total. The van der Waals surface area contributed by atoms with Gasteiger partial charge in [0.1, 0.15) is 6.04 Å². The number of nitrogens with zero attached hydrogens (tertiary/aromatic N) is 1. The summed E-state index contributed by atoms with van der Waals surface area (Å²) in [7, 11) is -3.69. The fourth-order valence-corrected chi connectivity index (χ4v) is 2.23. The number of rotatable bonds is 7. The van der Waals surface area contributed by atoms with E-state index in [0.29, 0.717) is 0 Å². The number of nitriles is 1. The molecule has 16 heavy (non-hydrogen) atoms. The summed E-state index contributed by atoms with van der Waals surface area (Å²) in [5.74, 6) is -1.50. The van der Waals surface area contributed by atoms with Gasteiger partial charge in [0, 0.05) is 0 Å². The average Bonchev–Trinajstić information content (AvgIpc) is 2.12. The molecule has 0 aliphatic rings. The average molecular weight is 248 g/mol. The van der Waals surface area contributed by atoms with Gasteiger partial charge in [-0.15, -0.1) is 0 Å². The van der Waals surface area contributed by atoms with Gasteiger partial charge in [-0.2, -0.15) is 5.26 Å². The Morgan fingerprint density at radius 1 is 1.50 bits per heavy atom. The molecule has 0 spiro atoms. The summed E-state index contributed by atoms with van der Waals surface area (Å²) in [6.45, 7) is 3.61. The Kier molecular flexibility index (Phi) is 6.00. The lowest BCUT2D eigenvalue weighted by molar-refractivity contribution is -0.139. The zero-order valence-corrected chi connectivity index (χ0v) is 10.1. The maximum atomic E-state index is 11.4. The third kappa shape index (κ3) is 6.37. The number of carboxylic acid groups (broad SMARTS) is 1. The highest BCUT2D eigenvalue weighted by molar-refractivity contribution is 7.89. The second-order valence-electron chi connectivity index (χ2n) is 3.87. The fraction of sp³-hybridized carbons (Fsp3) is 0.778. The fourth-order valence-electron chi connectivity index (χ4n) is 1.13. The van der Waals surface area contributed by atoms with E-state index >= 15 is 0 Å². The Hall–Kier alpha value is -1.13. The number of sulfonamides is 1. The summed E-state index contributed by atoms with van der Waals surface area (Å²) in [6.07, 6.45) is 0.0739. The van der Waals surface area contributed by atoms with Crippen LogP contribution in [0.1, 0.15) is 26.7 Å². The summed E-state index contributed by atoms with van der Waals surface area (Å²) in [6, 6.07) is 0.579. The Bertz CT molecular complexity index is 369. The van der Waals surface area contributed by atoms with Crippen LogP contribution in [0.5, 0.6) is 0 Å². The van der Waals surface area contributed by atoms with E-state index in [4.69, 9.17) is 10.4 Å². The lowest BCUT2D eigenvalue weighted by Crippen LogP contribution is -2.42. The maximum absolute atomic E-state index is 11.4. The van der Waals surface area contributed by atoms with Crippen LogP contribution in [0.25, 0.3) is 0 Å². The predicted octanol–water partition coefficient (Wildman–Crippen LogP) is 0.319. The first-order valence-electron chi connectivity index (χ1n) is 4.88. The van der Waals surface area contributed by atoms with Crippen LogP contribution in [0.15, 0.2) is 0 Å². The first kappa shape index (κ1) is 14.9. The van der Waals surface area contributed by atoms with Crippen LogP contribution in [-0.4, -0.2) is 31.3 Å². The third-order valence-corrected chi connectivity index (χ3v) is 3.19. The van der Waals surface area contributed by atoms with Crippen molar-refractivity contribution in [3.05, 3.63) is 0 Å². The minimum Gasteiger partial charge on any atom is -0.480 e. The van der Waals surface area contributed by atoms with Gasteiger partial charge in [-0.3, -0.25) is 4.79 Å². The van der Waals surface area contributed by atoms with Gasteiger partial charge in [0.2, 0.25) is 10.0 Å². The van der Waals surface area contributed by atoms with E-state index in [-0.39, 0.29) is 24.5 Å². The summed E-state index contributed by atoms with van der Waals surface area (Å²) in [5, 5.41) is 17.1. The summed E-state index contributed by atoms with van der Waals surface area (Å²) >= 11 is 0. The number of aliphatic carboxylic acids is 1. The molecule has 7 heteroatoms. The van der Waals surface area contributed by atoms with E-state index in [1.165, 1.54) is 0 Å². The van der Waals surface area contributed by atoms with Crippen molar-refractivity contribution in [2.45, 2.75) is 32.7 Å². The van der Waals surface area contributed by atoms with Crippen LogP contribution in [0.4, 0.5) is 0 Å². The smallest absolute Gasteiger partial charge is 0.321 e. The van der Waals surface area contributed by atoms with Crippen LogP contribution in [0, 0.1) is 17.2 Å². The summed E-state index contributed by atoms with van der Waals surface area (Å²) in [4.78, 5) is 10.8. The normalized spacial score (nSPS) is 13.4. The molecule has 0 aromatic rings. The van der Waals surface area contributed by atoms with E-state index in [1.807, 2.05) is 0 Å². The Morgan fingerprint density at radius 2 is 2.06 bits per heavy atom. The predicted molar refractivity (Wildman–Crippen MR) is 58.0 cm³/mol. The minimum absolute atomic E-state index is 0.0692. The number of carboxylic acids is 1. The van der Waals surface area contributed by atoms with Crippen molar-refractivity contribution in [3.8, 4) is 6.07 Å². The van der Waals surface area contributed by atoms with Gasteiger partial charge >= 0.3 is 5.97 Å². The van der Waals surface area contributed by atoms with E-state index in [2.05, 4.69) is 4.72 Å². The van der Waals surface area contributed by atoms with Gasteiger partial charge in [0.25, 0.3) is 0 Å². The van der Waals surface area contributed by atoms with Crippen LogP contribution in [-0.2, 0) is 14.8 Å². The first-order chi connectivity index (χ1) is 7.28. The van der Waals surface area contributed by atoms with Gasteiger partial charge < -0.3 is 5.11 Å². The summed E-state index contributed by atoms with van der Waals surface area (Å²) < 4.78 is 24.8. The Labute approximate surface area is 95.3 Å². The van der Waals surface area contributed by atoms with Crippen LogP contribution in [0.3, 0.4) is 0 Å². The lowest BCUT2D eigenvalue weighted by Gasteiger charge is -2.15. The molecule has 92 valence electrons. The highest BCUT2D eigenvalue weighted by Crippen LogP contribution is 2.06. The van der Waals surface area contributed by atoms with Crippen LogP contribution >= 0.6 is 0 Å². The summed E-state index contributed by atoms with van der Waals surface area (Å²) in [5.41, 5.74) is 0. The third-order valence-electron chi connectivity index (χ3n) is 1.81. The Balaban J connectivity index is 4.51. The van der Waals surface area contributed by atoms with Crippen molar-refractivity contribution >= 4 is 16.0 Å². The van der Waals surface area contributed by atoms with Gasteiger partial charge in [-0.1, -0.05) is 13.8 Å². The van der Waals surface area contributed by atoms with Crippen LogP contribution < -0.4 is 4.72 Å². The van der Waals surface area contributed by atoms with Gasteiger partial charge in [0.05, 0.1) is 18.2 Å². The number of carbonyl (C=O) groups is 1. The SMILES string of the molecule is CC(C)CC(NS(=O)(=O)CCC#N)C(=O)O. The highest BCUT2D eigenvalue weighted by Gasteiger charge is 2.24. The van der Waals surface area contributed by atoms with Gasteiger partial charge in [-0.05, 0) is 12.3 Å². The van der Waals surface area contributed by atoms with Crippen molar-refractivity contribution in [1.29, 1.82) is 5.26 Å². The van der Waals surface area contributed by atoms with E-state index in [9.17, 15) is 13.2 Å². The molecule has 0 aliphatic heterocycles. The topological polar surface area (TPSA) is 107 Å². The van der Waals surface area contributed by atoms with Crippen LogP contribution in [0.2, 0.25) is 0 Å². The van der Waals surface area contributed by atoms with Gasteiger partial charge in [0.15, 0.2) is 0 Å². The molecule has 0 bridgehead atoms. The van der Waals surface area contributed by atoms with Crippen molar-refractivity contribution in [3.63, 3.8) is 0 Å². The molecular weight excluding hydrogens is 232 g/mol. The first-order valence-corrected chi connectivity index (χ1v) is 6.53. The van der Waals surface area contributed by atoms with Crippen molar-refractivity contribution in [1.82, 2.24) is 4.72 Å². The van der Waals surface area contributed by atoms with Gasteiger partial charge in [-0.25, -0.2) is 13.1 Å². The number of hydrogen-bond acceptors (Lipinski definition) is 4. The quantitative estimate of drug-likeness (QED) is 0.674. The standard InChI is InChI=1S/C9H16N2O4S/c1-7(2)6-8(9(12)13)11-16(14,15)5-3-4-10/h7-8,11H,3,5-6H2,1-2H3,(H,12,13). The number of nitrogens with one attached hydrogen (secondary N) is 1. The zero-order valence-electron chi connectivity index (χ0n) is 9.30. The van der Waals surface area contributed by atoms with Crippen molar-refractivity contribution in [2.24, 2.45) is 5.92 Å². The lowest BCUT2D eigenvalue weighted by atomic mass is 10.1. The van der Waals surface area contributed by atoms with E-state index in [1.54, 1.807) is 19.9 Å². The molecule has 1 unspecified atom stereocenters. The molecule has 0 radical (unpaired) electrons. The zero-order chi connectivity index (χ0) is 12.8. The molecule has 2 N–H and O–H groups in total. The molecule has 0 saturated carbocycles. The number of hydrogen-bond donors (Lipinski definition) is 2. The maximum Gasteiger partial charge on any atom is 0.321 e. The molecule has 1 atom stereocenters. The second kappa shape index (κ2) is 6.45. The largest absolute Gasteiger partial charge is 0.480 e. The molecule has 0 aromatic carbocycles. The van der Waals surface area contributed by atoms with E-state index < -0.39 is 22.0 Å².